The van der Waals surface area contributed by atoms with Gasteiger partial charge in [-0.25, -0.2) is 0 Å². The minimum atomic E-state index is -0.556. The maximum absolute atomic E-state index is 13.6. The number of nitrogens with zero attached hydrogens (tertiary/aromatic N) is 2. The summed E-state index contributed by atoms with van der Waals surface area (Å²) in [6.07, 6.45) is 1.41. The Hall–Kier alpha value is -3.30. The number of carbonyl (C=O) groups excluding carboxylic acids is 2. The van der Waals surface area contributed by atoms with Crippen molar-refractivity contribution >= 4 is 11.8 Å². The molecule has 3 aliphatic rings. The summed E-state index contributed by atoms with van der Waals surface area (Å²) in [5, 5.41) is 0. The lowest BCUT2D eigenvalue weighted by atomic mass is 9.98. The molecule has 36 heavy (non-hydrogen) atoms. The zero-order valence-electron chi connectivity index (χ0n) is 21.0. The quantitative estimate of drug-likeness (QED) is 0.582. The monoisotopic (exact) mass is 496 g/mol. The van der Waals surface area contributed by atoms with Crippen LogP contribution in [0.4, 0.5) is 0 Å². The molecule has 2 amide bonds. The number of benzene rings is 2. The third-order valence-corrected chi connectivity index (χ3v) is 7.36. The molecule has 0 bridgehead atoms. The number of amides is 2. The van der Waals surface area contributed by atoms with Gasteiger partial charge in [0.15, 0.2) is 17.3 Å². The van der Waals surface area contributed by atoms with Crippen molar-refractivity contribution in [3.05, 3.63) is 53.1 Å². The predicted molar refractivity (Wildman–Crippen MR) is 130 cm³/mol. The lowest BCUT2D eigenvalue weighted by molar-refractivity contribution is -0.187. The Balaban J connectivity index is 1.44. The summed E-state index contributed by atoms with van der Waals surface area (Å²) in [5.41, 5.74) is 2.36. The van der Waals surface area contributed by atoms with E-state index in [1.807, 2.05) is 41.3 Å². The van der Waals surface area contributed by atoms with Gasteiger partial charge in [-0.05, 0) is 29.3 Å². The fourth-order valence-corrected chi connectivity index (χ4v) is 5.41. The maximum atomic E-state index is 13.6. The highest BCUT2D eigenvalue weighted by atomic mass is 16.7. The molecule has 3 heterocycles. The molecule has 0 aliphatic carbocycles. The van der Waals surface area contributed by atoms with E-state index in [1.54, 1.807) is 26.2 Å². The second-order valence-electron chi connectivity index (χ2n) is 9.26. The average molecular weight is 497 g/mol. The van der Waals surface area contributed by atoms with Crippen LogP contribution in [0.3, 0.4) is 0 Å². The lowest BCUT2D eigenvalue weighted by Crippen LogP contribution is -2.48. The highest BCUT2D eigenvalue weighted by Gasteiger charge is 2.42. The van der Waals surface area contributed by atoms with Crippen LogP contribution >= 0.6 is 0 Å². The first-order valence-corrected chi connectivity index (χ1v) is 12.2. The summed E-state index contributed by atoms with van der Waals surface area (Å²) in [5.74, 6) is 0.739. The van der Waals surface area contributed by atoms with E-state index in [1.165, 1.54) is 0 Å². The van der Waals surface area contributed by atoms with Gasteiger partial charge in [0, 0.05) is 38.0 Å². The molecule has 0 radical (unpaired) electrons. The molecule has 0 aromatic heterocycles. The van der Waals surface area contributed by atoms with Crippen LogP contribution in [0.25, 0.3) is 0 Å². The molecule has 1 unspecified atom stereocenters. The number of hydrogen-bond donors (Lipinski definition) is 0. The van der Waals surface area contributed by atoms with Gasteiger partial charge in [-0.1, -0.05) is 18.2 Å². The fourth-order valence-electron chi connectivity index (χ4n) is 5.41. The van der Waals surface area contributed by atoms with Gasteiger partial charge in [0.05, 0.1) is 47.0 Å². The summed E-state index contributed by atoms with van der Waals surface area (Å²) in [7, 11) is 4.65. The summed E-state index contributed by atoms with van der Waals surface area (Å²) in [4.78, 5) is 30.6. The number of ether oxygens (including phenoxy) is 5. The molecule has 0 saturated carbocycles. The second-order valence-corrected chi connectivity index (χ2v) is 9.26. The summed E-state index contributed by atoms with van der Waals surface area (Å²) in [6, 6.07) is 10.7. The third-order valence-electron chi connectivity index (χ3n) is 7.36. The first-order valence-electron chi connectivity index (χ1n) is 12.2. The second kappa shape index (κ2) is 9.99. The Kier molecular flexibility index (Phi) is 6.77. The number of piperidine rings is 1. The molecule has 2 fully saturated rings. The first kappa shape index (κ1) is 24.4. The molecule has 2 aromatic rings. The van der Waals surface area contributed by atoms with Crippen molar-refractivity contribution in [2.45, 2.75) is 37.6 Å². The fraction of sp³-hybridized carbons (Fsp3) is 0.481. The van der Waals surface area contributed by atoms with E-state index in [0.717, 1.165) is 11.1 Å². The molecule has 1 spiro atoms. The minimum absolute atomic E-state index is 0.0228. The Bertz CT molecular complexity index is 1110. The van der Waals surface area contributed by atoms with Gasteiger partial charge in [0.1, 0.15) is 0 Å². The molecule has 0 N–H and O–H groups in total. The summed E-state index contributed by atoms with van der Waals surface area (Å²) < 4.78 is 28.2. The van der Waals surface area contributed by atoms with Gasteiger partial charge in [-0.2, -0.15) is 0 Å². The SMILES string of the molecule is COc1cc(C(CC(=O)N2CCC3(CC2)OCCO3)N2Cc3ccccc3C2=O)cc(OC)c1OC. The van der Waals surface area contributed by atoms with E-state index >= 15 is 0 Å². The standard InChI is InChI=1S/C27H32N2O7/c1-32-22-14-19(15-23(33-2)25(22)34-3)21(29-17-18-6-4-5-7-20(18)26(29)31)16-24(30)28-10-8-27(9-11-28)35-12-13-36-27/h4-7,14-15,21H,8-13,16-17H2,1-3H3. The van der Waals surface area contributed by atoms with Gasteiger partial charge in [-0.3, -0.25) is 9.59 Å². The number of methoxy groups -OCH3 is 3. The van der Waals surface area contributed by atoms with Crippen molar-refractivity contribution in [1.82, 2.24) is 9.80 Å². The Morgan fingerprint density at radius 3 is 2.22 bits per heavy atom. The number of fused-ring (bicyclic) bond motifs is 1. The lowest BCUT2D eigenvalue weighted by Gasteiger charge is -2.38. The van der Waals surface area contributed by atoms with Crippen LogP contribution in [0.2, 0.25) is 0 Å². The van der Waals surface area contributed by atoms with Gasteiger partial charge >= 0.3 is 0 Å². The molecule has 9 nitrogen and oxygen atoms in total. The van der Waals surface area contributed by atoms with Crippen molar-refractivity contribution in [1.29, 1.82) is 0 Å². The average Bonchev–Trinajstić information content (AvgIpc) is 3.50. The van der Waals surface area contributed by atoms with Crippen LogP contribution in [0, 0.1) is 0 Å². The minimum Gasteiger partial charge on any atom is -0.493 e. The van der Waals surface area contributed by atoms with Crippen LogP contribution in [-0.2, 0) is 20.8 Å². The van der Waals surface area contributed by atoms with E-state index in [-0.39, 0.29) is 18.2 Å². The molecule has 5 rings (SSSR count). The van der Waals surface area contributed by atoms with E-state index in [4.69, 9.17) is 23.7 Å². The maximum Gasteiger partial charge on any atom is 0.255 e. The van der Waals surface area contributed by atoms with E-state index in [2.05, 4.69) is 0 Å². The predicted octanol–water partition coefficient (Wildman–Crippen LogP) is 3.17. The molecular formula is C27H32N2O7. The molecule has 192 valence electrons. The van der Waals surface area contributed by atoms with Crippen molar-refractivity contribution in [3.63, 3.8) is 0 Å². The Morgan fingerprint density at radius 2 is 1.64 bits per heavy atom. The van der Waals surface area contributed by atoms with Crippen molar-refractivity contribution < 1.29 is 33.3 Å². The molecule has 1 atom stereocenters. The molecule has 2 saturated heterocycles. The summed E-state index contributed by atoms with van der Waals surface area (Å²) in [6.45, 7) is 2.71. The zero-order chi connectivity index (χ0) is 25.3. The number of hydrogen-bond acceptors (Lipinski definition) is 7. The van der Waals surface area contributed by atoms with Crippen LogP contribution in [-0.4, -0.2) is 75.0 Å². The number of rotatable bonds is 7. The molecule has 9 heteroatoms. The van der Waals surface area contributed by atoms with Crippen LogP contribution < -0.4 is 14.2 Å². The molecule has 3 aliphatic heterocycles. The van der Waals surface area contributed by atoms with Crippen molar-refractivity contribution in [3.8, 4) is 17.2 Å². The first-order chi connectivity index (χ1) is 17.5. The van der Waals surface area contributed by atoms with Gasteiger partial charge in [0.25, 0.3) is 5.91 Å². The zero-order valence-corrected chi connectivity index (χ0v) is 21.0. The summed E-state index contributed by atoms with van der Waals surface area (Å²) >= 11 is 0. The van der Waals surface area contributed by atoms with Crippen LogP contribution in [0.5, 0.6) is 17.2 Å². The Labute approximate surface area is 210 Å². The largest absolute Gasteiger partial charge is 0.493 e. The van der Waals surface area contributed by atoms with Gasteiger partial charge in [-0.15, -0.1) is 0 Å². The third kappa shape index (κ3) is 4.37. The van der Waals surface area contributed by atoms with Crippen LogP contribution in [0.1, 0.15) is 46.8 Å². The normalized spacial score (nSPS) is 19.4. The van der Waals surface area contributed by atoms with Crippen LogP contribution in [0.15, 0.2) is 36.4 Å². The smallest absolute Gasteiger partial charge is 0.255 e. The van der Waals surface area contributed by atoms with E-state index < -0.39 is 11.8 Å². The van der Waals surface area contributed by atoms with Crippen molar-refractivity contribution in [2.75, 3.05) is 47.6 Å². The van der Waals surface area contributed by atoms with E-state index in [0.29, 0.717) is 68.5 Å². The highest BCUT2D eigenvalue weighted by Crippen LogP contribution is 2.43. The van der Waals surface area contributed by atoms with Crippen molar-refractivity contribution in [2.24, 2.45) is 0 Å². The molecular weight excluding hydrogens is 464 g/mol. The van der Waals surface area contributed by atoms with Gasteiger partial charge < -0.3 is 33.5 Å². The number of likely N-dealkylation sites (tertiary alicyclic amines) is 1. The number of carbonyl (C=O) groups is 2. The Morgan fingerprint density at radius 1 is 1.00 bits per heavy atom. The highest BCUT2D eigenvalue weighted by molar-refractivity contribution is 5.99. The van der Waals surface area contributed by atoms with E-state index in [9.17, 15) is 9.59 Å². The molecule has 2 aromatic carbocycles. The van der Waals surface area contributed by atoms with Gasteiger partial charge in [0.2, 0.25) is 11.7 Å². The topological polar surface area (TPSA) is 86.8 Å².